The Hall–Kier alpha value is -2.90. The lowest BCUT2D eigenvalue weighted by Crippen LogP contribution is -2.40. The molecule has 3 aromatic rings. The highest BCUT2D eigenvalue weighted by atomic mass is 35.5. The smallest absolute Gasteiger partial charge is 0.266 e. The van der Waals surface area contributed by atoms with Crippen LogP contribution in [-0.4, -0.2) is 47.7 Å². The maximum Gasteiger partial charge on any atom is 0.266 e. The van der Waals surface area contributed by atoms with Crippen LogP contribution in [0, 0.1) is 5.92 Å². The summed E-state index contributed by atoms with van der Waals surface area (Å²) in [6.45, 7) is 2.71. The number of methoxy groups -OCH3 is 2. The van der Waals surface area contributed by atoms with Gasteiger partial charge in [0.25, 0.3) is 5.56 Å². The lowest BCUT2D eigenvalue weighted by atomic mass is 10.1. The van der Waals surface area contributed by atoms with Crippen LogP contribution in [0.1, 0.15) is 31.6 Å². The highest BCUT2D eigenvalue weighted by Gasteiger charge is 2.36. The van der Waals surface area contributed by atoms with Crippen LogP contribution in [0.2, 0.25) is 5.02 Å². The van der Waals surface area contributed by atoms with Crippen molar-refractivity contribution in [2.45, 2.75) is 25.8 Å². The molecule has 1 amide bonds. The zero-order valence-electron chi connectivity index (χ0n) is 18.4. The number of halogens is 1. The number of rotatable bonds is 8. The fourth-order valence-electron chi connectivity index (χ4n) is 3.83. The van der Waals surface area contributed by atoms with Gasteiger partial charge in [0.1, 0.15) is 11.6 Å². The summed E-state index contributed by atoms with van der Waals surface area (Å²) in [5, 5.41) is 0.952. The number of aromatic nitrogens is 2. The molecule has 1 atom stereocenters. The summed E-state index contributed by atoms with van der Waals surface area (Å²) in [6, 6.07) is 11.8. The molecule has 0 saturated heterocycles. The first-order valence-corrected chi connectivity index (χ1v) is 11.0. The number of hydrogen-bond donors (Lipinski definition) is 0. The Bertz CT molecular complexity index is 1190. The number of fused-ring (bicyclic) bond motifs is 1. The molecule has 168 valence electrons. The maximum atomic E-state index is 13.6. The summed E-state index contributed by atoms with van der Waals surface area (Å²) in [4.78, 5) is 33.3. The molecule has 8 heteroatoms. The van der Waals surface area contributed by atoms with Crippen LogP contribution in [0.3, 0.4) is 0 Å². The molecule has 7 nitrogen and oxygen atoms in total. The predicted molar refractivity (Wildman–Crippen MR) is 124 cm³/mol. The Labute approximate surface area is 191 Å². The van der Waals surface area contributed by atoms with Crippen LogP contribution < -0.4 is 10.3 Å². The van der Waals surface area contributed by atoms with Crippen LogP contribution in [-0.2, 0) is 9.53 Å². The minimum Gasteiger partial charge on any atom is -0.497 e. The Kier molecular flexibility index (Phi) is 6.48. The Morgan fingerprint density at radius 1 is 1.22 bits per heavy atom. The van der Waals surface area contributed by atoms with Crippen LogP contribution in [0.5, 0.6) is 5.75 Å². The summed E-state index contributed by atoms with van der Waals surface area (Å²) in [7, 11) is 3.20. The van der Waals surface area contributed by atoms with Crippen LogP contribution in [0.15, 0.2) is 47.3 Å². The first kappa shape index (κ1) is 22.3. The molecule has 0 bridgehead atoms. The second-order valence-corrected chi connectivity index (χ2v) is 8.38. The molecule has 4 rings (SSSR count). The van der Waals surface area contributed by atoms with E-state index in [4.69, 9.17) is 26.1 Å². The monoisotopic (exact) mass is 455 g/mol. The molecule has 1 heterocycles. The van der Waals surface area contributed by atoms with E-state index in [1.165, 1.54) is 0 Å². The molecule has 0 N–H and O–H groups in total. The summed E-state index contributed by atoms with van der Waals surface area (Å²) in [6.07, 6.45) is 1.78. The Morgan fingerprint density at radius 3 is 2.56 bits per heavy atom. The fourth-order valence-corrected chi connectivity index (χ4v) is 3.99. The average Bonchev–Trinajstić information content (AvgIpc) is 3.64. The highest BCUT2D eigenvalue weighted by molar-refractivity contribution is 6.31. The number of ether oxygens (including phenoxy) is 2. The topological polar surface area (TPSA) is 73.7 Å². The van der Waals surface area contributed by atoms with E-state index in [1.54, 1.807) is 54.0 Å². The molecule has 0 aliphatic heterocycles. The van der Waals surface area contributed by atoms with E-state index in [0.29, 0.717) is 46.3 Å². The lowest BCUT2D eigenvalue weighted by molar-refractivity contribution is -0.135. The Balaban J connectivity index is 1.90. The quantitative estimate of drug-likeness (QED) is 0.513. The van der Waals surface area contributed by atoms with E-state index in [0.717, 1.165) is 12.8 Å². The molecular weight excluding hydrogens is 430 g/mol. The minimum atomic E-state index is -0.448. The largest absolute Gasteiger partial charge is 0.497 e. The van der Waals surface area contributed by atoms with Gasteiger partial charge in [0.15, 0.2) is 0 Å². The van der Waals surface area contributed by atoms with E-state index >= 15 is 0 Å². The first-order chi connectivity index (χ1) is 15.4. The van der Waals surface area contributed by atoms with Crippen molar-refractivity contribution in [2.75, 3.05) is 27.4 Å². The van der Waals surface area contributed by atoms with Gasteiger partial charge < -0.3 is 14.4 Å². The predicted octanol–water partition coefficient (Wildman–Crippen LogP) is 3.99. The van der Waals surface area contributed by atoms with Crippen LogP contribution in [0.4, 0.5) is 0 Å². The summed E-state index contributed by atoms with van der Waals surface area (Å²) in [5.41, 5.74) is 0.927. The molecule has 1 aliphatic carbocycles. The van der Waals surface area contributed by atoms with E-state index < -0.39 is 6.04 Å². The number of carbonyl (C=O) groups excluding carboxylic acids is 1. The van der Waals surface area contributed by atoms with E-state index in [9.17, 15) is 9.59 Å². The van der Waals surface area contributed by atoms with Gasteiger partial charge >= 0.3 is 0 Å². The molecule has 32 heavy (non-hydrogen) atoms. The third-order valence-electron chi connectivity index (χ3n) is 5.78. The van der Waals surface area contributed by atoms with Gasteiger partial charge in [-0.05, 0) is 62.2 Å². The molecule has 0 radical (unpaired) electrons. The van der Waals surface area contributed by atoms with Gasteiger partial charge in [0.2, 0.25) is 5.91 Å². The molecule has 0 spiro atoms. The molecule has 1 unspecified atom stereocenters. The zero-order valence-corrected chi connectivity index (χ0v) is 19.1. The molecule has 1 fully saturated rings. The van der Waals surface area contributed by atoms with E-state index in [1.807, 2.05) is 19.1 Å². The summed E-state index contributed by atoms with van der Waals surface area (Å²) >= 11 is 6.18. The van der Waals surface area contributed by atoms with Gasteiger partial charge in [0, 0.05) is 24.6 Å². The normalized spacial score (nSPS) is 14.4. The van der Waals surface area contributed by atoms with Gasteiger partial charge in [-0.15, -0.1) is 0 Å². The standard InChI is InChI=1S/C24H26ClN3O4/c1-15(27(12-13-31-2)23(29)16-4-5-16)22-26-21-14-17(25)6-11-20(21)24(30)28(22)18-7-9-19(32-3)10-8-18/h6-11,14-16H,4-5,12-13H2,1-3H3. The summed E-state index contributed by atoms with van der Waals surface area (Å²) < 4.78 is 12.1. The van der Waals surface area contributed by atoms with Crippen molar-refractivity contribution in [1.82, 2.24) is 14.5 Å². The third-order valence-corrected chi connectivity index (χ3v) is 6.01. The minimum absolute atomic E-state index is 0.0327. The first-order valence-electron chi connectivity index (χ1n) is 10.6. The average molecular weight is 456 g/mol. The van der Waals surface area contributed by atoms with Gasteiger partial charge in [0.05, 0.1) is 36.3 Å². The number of nitrogens with zero attached hydrogens (tertiary/aromatic N) is 3. The van der Waals surface area contributed by atoms with Crippen molar-refractivity contribution in [3.8, 4) is 11.4 Å². The summed E-state index contributed by atoms with van der Waals surface area (Å²) in [5.74, 6) is 1.25. The molecular formula is C24H26ClN3O4. The van der Waals surface area contributed by atoms with Crippen molar-refractivity contribution in [3.63, 3.8) is 0 Å². The van der Waals surface area contributed by atoms with Crippen molar-refractivity contribution >= 4 is 28.4 Å². The van der Waals surface area contributed by atoms with Crippen molar-refractivity contribution < 1.29 is 14.3 Å². The van der Waals surface area contributed by atoms with Crippen molar-refractivity contribution in [2.24, 2.45) is 5.92 Å². The van der Waals surface area contributed by atoms with Gasteiger partial charge in [-0.25, -0.2) is 4.98 Å². The maximum absolute atomic E-state index is 13.6. The van der Waals surface area contributed by atoms with Gasteiger partial charge in [-0.3, -0.25) is 14.2 Å². The molecule has 1 aromatic heterocycles. The number of benzene rings is 2. The number of carbonyl (C=O) groups is 1. The third kappa shape index (κ3) is 4.36. The number of hydrogen-bond acceptors (Lipinski definition) is 5. The Morgan fingerprint density at radius 2 is 1.94 bits per heavy atom. The fraction of sp³-hybridized carbons (Fsp3) is 0.375. The van der Waals surface area contributed by atoms with Gasteiger partial charge in [-0.1, -0.05) is 11.6 Å². The lowest BCUT2D eigenvalue weighted by Gasteiger charge is -2.30. The van der Waals surface area contributed by atoms with Gasteiger partial charge in [-0.2, -0.15) is 0 Å². The van der Waals surface area contributed by atoms with E-state index in [-0.39, 0.29) is 17.4 Å². The second kappa shape index (κ2) is 9.30. The molecule has 1 saturated carbocycles. The zero-order chi connectivity index (χ0) is 22.8. The van der Waals surface area contributed by atoms with Crippen molar-refractivity contribution in [3.05, 3.63) is 63.7 Å². The molecule has 1 aliphatic rings. The number of amides is 1. The van der Waals surface area contributed by atoms with Crippen LogP contribution in [0.25, 0.3) is 16.6 Å². The van der Waals surface area contributed by atoms with Crippen molar-refractivity contribution in [1.29, 1.82) is 0 Å². The van der Waals surface area contributed by atoms with E-state index in [2.05, 4.69) is 0 Å². The molecule has 2 aromatic carbocycles. The second-order valence-electron chi connectivity index (χ2n) is 7.94. The SMILES string of the molecule is COCCN(C(=O)C1CC1)C(C)c1nc2cc(Cl)ccc2c(=O)n1-c1ccc(OC)cc1. The highest BCUT2D eigenvalue weighted by Crippen LogP contribution is 2.34. The van der Waals surface area contributed by atoms with Crippen LogP contribution >= 0.6 is 11.6 Å².